The molecule has 11 heteroatoms. The van der Waals surface area contributed by atoms with Crippen LogP contribution < -0.4 is 9.64 Å². The third kappa shape index (κ3) is 4.65. The molecule has 0 bridgehead atoms. The van der Waals surface area contributed by atoms with Crippen LogP contribution in [0.3, 0.4) is 0 Å². The Morgan fingerprint density at radius 1 is 1.13 bits per heavy atom. The van der Waals surface area contributed by atoms with Crippen LogP contribution in [0, 0.1) is 6.92 Å². The molecule has 1 aliphatic heterocycles. The van der Waals surface area contributed by atoms with Crippen LogP contribution >= 0.6 is 11.6 Å². The topological polar surface area (TPSA) is 62.7 Å². The molecule has 0 aliphatic carbocycles. The van der Waals surface area contributed by atoms with Crippen molar-refractivity contribution in [2.24, 2.45) is 0 Å². The summed E-state index contributed by atoms with van der Waals surface area (Å²) in [4.78, 5) is 5.67. The van der Waals surface area contributed by atoms with E-state index in [1.165, 1.54) is 11.4 Å². The van der Waals surface area contributed by atoms with Gasteiger partial charge in [0.15, 0.2) is 0 Å². The number of aromatic nitrogens is 1. The number of anilines is 1. The lowest BCUT2D eigenvalue weighted by atomic mass is 10.2. The van der Waals surface area contributed by atoms with Crippen LogP contribution in [0.5, 0.6) is 5.75 Å². The number of hydrogen-bond donors (Lipinski definition) is 0. The number of rotatable bonds is 4. The Labute approximate surface area is 178 Å². The minimum absolute atomic E-state index is 0.0872. The highest BCUT2D eigenvalue weighted by Crippen LogP contribution is 2.34. The zero-order chi connectivity index (χ0) is 22.1. The summed E-state index contributed by atoms with van der Waals surface area (Å²) in [7, 11) is -2.40. The fourth-order valence-electron chi connectivity index (χ4n) is 3.29. The summed E-state index contributed by atoms with van der Waals surface area (Å²) in [5.74, 6) is 0.464. The predicted octanol–water partition coefficient (Wildman–Crippen LogP) is 3.97. The minimum atomic E-state index is -4.54. The molecule has 1 aliphatic rings. The summed E-state index contributed by atoms with van der Waals surface area (Å²) in [5.41, 5.74) is -0.145. The molecule has 6 nitrogen and oxygen atoms in total. The first kappa shape index (κ1) is 22.6. The highest BCUT2D eigenvalue weighted by molar-refractivity contribution is 7.89. The maximum atomic E-state index is 13.2. The Morgan fingerprint density at radius 2 is 1.87 bits per heavy atom. The average molecular weight is 464 g/mol. The number of hydrogen-bond acceptors (Lipinski definition) is 5. The van der Waals surface area contributed by atoms with Crippen LogP contribution in [-0.2, 0) is 16.2 Å². The molecule has 2 aromatic rings. The van der Waals surface area contributed by atoms with E-state index in [4.69, 9.17) is 16.3 Å². The van der Waals surface area contributed by atoms with E-state index in [1.807, 2.05) is 0 Å². The smallest absolute Gasteiger partial charge is 0.417 e. The van der Waals surface area contributed by atoms with Gasteiger partial charge in [0, 0.05) is 32.4 Å². The highest BCUT2D eigenvalue weighted by Gasteiger charge is 2.33. The summed E-state index contributed by atoms with van der Waals surface area (Å²) >= 11 is 6.05. The third-order valence-electron chi connectivity index (χ3n) is 4.84. The SMILES string of the molecule is COc1ccc(C)cc1S(=O)(=O)N1CCCN(c2ncc(C(F)(F)F)cc2Cl)CC1. The Bertz CT molecular complexity index is 1030. The molecule has 1 aromatic carbocycles. The molecule has 0 amide bonds. The van der Waals surface area contributed by atoms with Crippen LogP contribution in [-0.4, -0.2) is 51.0 Å². The first-order valence-electron chi connectivity index (χ1n) is 9.16. The predicted molar refractivity (Wildman–Crippen MR) is 108 cm³/mol. The van der Waals surface area contributed by atoms with Crippen molar-refractivity contribution < 1.29 is 26.3 Å². The zero-order valence-electron chi connectivity index (χ0n) is 16.4. The number of pyridine rings is 1. The van der Waals surface area contributed by atoms with Crippen LogP contribution in [0.25, 0.3) is 0 Å². The van der Waals surface area contributed by atoms with Crippen LogP contribution in [0.1, 0.15) is 17.5 Å². The van der Waals surface area contributed by atoms with Crippen LogP contribution in [0.4, 0.5) is 19.0 Å². The lowest BCUT2D eigenvalue weighted by Crippen LogP contribution is -2.35. The molecule has 0 N–H and O–H groups in total. The fourth-order valence-corrected chi connectivity index (χ4v) is 5.28. The van der Waals surface area contributed by atoms with Gasteiger partial charge in [-0.3, -0.25) is 0 Å². The standard InChI is InChI=1S/C19H21ClF3N3O3S/c1-13-4-5-16(29-2)17(10-13)30(27,28)26-7-3-6-25(8-9-26)18-15(20)11-14(12-24-18)19(21,22)23/h4-5,10-12H,3,6-9H2,1-2H3. The fraction of sp³-hybridized carbons (Fsp3) is 0.421. The molecule has 1 fully saturated rings. The second-order valence-corrected chi connectivity index (χ2v) is 9.24. The van der Waals surface area contributed by atoms with Crippen molar-refractivity contribution in [3.63, 3.8) is 0 Å². The van der Waals surface area contributed by atoms with E-state index < -0.39 is 21.8 Å². The van der Waals surface area contributed by atoms with Gasteiger partial charge in [-0.25, -0.2) is 13.4 Å². The van der Waals surface area contributed by atoms with Gasteiger partial charge in [0.05, 0.1) is 17.7 Å². The number of sulfonamides is 1. The highest BCUT2D eigenvalue weighted by atomic mass is 35.5. The van der Waals surface area contributed by atoms with E-state index in [9.17, 15) is 21.6 Å². The zero-order valence-corrected chi connectivity index (χ0v) is 18.0. The van der Waals surface area contributed by atoms with Gasteiger partial charge < -0.3 is 9.64 Å². The molecule has 0 unspecified atom stereocenters. The Hall–Kier alpha value is -2.04. The number of aryl methyl sites for hydroxylation is 1. The largest absolute Gasteiger partial charge is 0.495 e. The molecule has 0 radical (unpaired) electrons. The van der Waals surface area contributed by atoms with Crippen molar-refractivity contribution >= 4 is 27.4 Å². The molecule has 0 atom stereocenters. The van der Waals surface area contributed by atoms with Crippen molar-refractivity contribution in [2.75, 3.05) is 38.2 Å². The van der Waals surface area contributed by atoms with Gasteiger partial charge >= 0.3 is 6.18 Å². The number of nitrogens with zero attached hydrogens (tertiary/aromatic N) is 3. The summed E-state index contributed by atoms with van der Waals surface area (Å²) in [5, 5.41) is -0.124. The summed E-state index contributed by atoms with van der Waals surface area (Å²) in [6.07, 6.45) is -3.34. The van der Waals surface area contributed by atoms with Crippen molar-refractivity contribution in [3.8, 4) is 5.75 Å². The molecular formula is C19H21ClF3N3O3S. The van der Waals surface area contributed by atoms with Gasteiger partial charge in [0.25, 0.3) is 0 Å². The lowest BCUT2D eigenvalue weighted by Gasteiger charge is -2.24. The monoisotopic (exact) mass is 463 g/mol. The minimum Gasteiger partial charge on any atom is -0.495 e. The van der Waals surface area contributed by atoms with Gasteiger partial charge in [-0.15, -0.1) is 0 Å². The van der Waals surface area contributed by atoms with Gasteiger partial charge in [0.1, 0.15) is 16.5 Å². The van der Waals surface area contributed by atoms with E-state index in [0.717, 1.165) is 17.8 Å². The van der Waals surface area contributed by atoms with Gasteiger partial charge in [-0.1, -0.05) is 17.7 Å². The number of methoxy groups -OCH3 is 1. The molecule has 0 spiro atoms. The molecule has 0 saturated carbocycles. The third-order valence-corrected chi connectivity index (χ3v) is 7.04. The summed E-state index contributed by atoms with van der Waals surface area (Å²) in [6.45, 7) is 2.84. The first-order chi connectivity index (χ1) is 14.0. The van der Waals surface area contributed by atoms with E-state index in [2.05, 4.69) is 4.98 Å². The number of alkyl halides is 3. The van der Waals surface area contributed by atoms with Gasteiger partial charge in [0.2, 0.25) is 10.0 Å². The van der Waals surface area contributed by atoms with Crippen LogP contribution in [0.2, 0.25) is 5.02 Å². The van der Waals surface area contributed by atoms with Crippen LogP contribution in [0.15, 0.2) is 35.4 Å². The van der Waals surface area contributed by atoms with Crippen molar-refractivity contribution in [3.05, 3.63) is 46.6 Å². The Morgan fingerprint density at radius 3 is 2.50 bits per heavy atom. The van der Waals surface area contributed by atoms with Crippen molar-refractivity contribution in [1.82, 2.24) is 9.29 Å². The van der Waals surface area contributed by atoms with Crippen molar-refractivity contribution in [2.45, 2.75) is 24.4 Å². The summed E-state index contributed by atoms with van der Waals surface area (Å²) in [6, 6.07) is 5.77. The molecule has 30 heavy (non-hydrogen) atoms. The van der Waals surface area contributed by atoms with E-state index in [1.54, 1.807) is 30.0 Å². The normalized spacial score (nSPS) is 16.4. The molecule has 164 valence electrons. The van der Waals surface area contributed by atoms with E-state index >= 15 is 0 Å². The number of ether oxygens (including phenoxy) is 1. The summed E-state index contributed by atoms with van der Waals surface area (Å²) < 4.78 is 71.5. The maximum absolute atomic E-state index is 13.2. The van der Waals surface area contributed by atoms with Gasteiger partial charge in [-0.05, 0) is 37.1 Å². The van der Waals surface area contributed by atoms with E-state index in [0.29, 0.717) is 13.0 Å². The second-order valence-electron chi connectivity index (χ2n) is 6.93. The quantitative estimate of drug-likeness (QED) is 0.686. The Kier molecular flexibility index (Phi) is 6.49. The molecular weight excluding hydrogens is 443 g/mol. The molecule has 1 saturated heterocycles. The molecule has 2 heterocycles. The van der Waals surface area contributed by atoms with Crippen molar-refractivity contribution in [1.29, 1.82) is 0 Å². The number of halogens is 4. The average Bonchev–Trinajstić information content (AvgIpc) is 2.94. The first-order valence-corrected chi connectivity index (χ1v) is 11.0. The second kappa shape index (κ2) is 8.60. The Balaban J connectivity index is 1.83. The van der Waals surface area contributed by atoms with Gasteiger partial charge in [-0.2, -0.15) is 17.5 Å². The molecule has 3 rings (SSSR count). The maximum Gasteiger partial charge on any atom is 0.417 e. The number of benzene rings is 1. The molecule has 1 aromatic heterocycles. The lowest BCUT2D eigenvalue weighted by molar-refractivity contribution is -0.137. The van der Waals surface area contributed by atoms with E-state index in [-0.39, 0.29) is 41.1 Å².